The highest BCUT2D eigenvalue weighted by molar-refractivity contribution is 5.75. The predicted molar refractivity (Wildman–Crippen MR) is 86.8 cm³/mol. The molecule has 0 saturated carbocycles. The normalized spacial score (nSPS) is 12.2. The maximum Gasteiger partial charge on any atom is 0.313 e. The van der Waals surface area contributed by atoms with Gasteiger partial charge in [0.25, 0.3) is 0 Å². The zero-order valence-electron chi connectivity index (χ0n) is 13.2. The fourth-order valence-electron chi connectivity index (χ4n) is 2.28. The highest BCUT2D eigenvalue weighted by atomic mass is 16.5. The van der Waals surface area contributed by atoms with Crippen LogP contribution in [-0.4, -0.2) is 11.1 Å². The van der Waals surface area contributed by atoms with Gasteiger partial charge in [0.05, 0.1) is 12.5 Å². The molecule has 0 unspecified atom stereocenters. The van der Waals surface area contributed by atoms with Crippen LogP contribution in [0.2, 0.25) is 0 Å². The van der Waals surface area contributed by atoms with Crippen molar-refractivity contribution < 1.29 is 14.6 Å². The average Bonchev–Trinajstić information content (AvgIpc) is 2.55. The summed E-state index contributed by atoms with van der Waals surface area (Å²) in [5.41, 5.74) is 2.85. The summed E-state index contributed by atoms with van der Waals surface area (Å²) in [6.45, 7) is 5.65. The fourth-order valence-corrected chi connectivity index (χ4v) is 2.28. The number of aliphatic hydroxyl groups excluding tert-OH is 1. The number of benzene rings is 2. The van der Waals surface area contributed by atoms with Gasteiger partial charge in [0.1, 0.15) is 5.75 Å². The molecule has 0 aromatic heterocycles. The summed E-state index contributed by atoms with van der Waals surface area (Å²) in [6, 6.07) is 15.5. The van der Waals surface area contributed by atoms with E-state index in [2.05, 4.69) is 6.92 Å². The van der Waals surface area contributed by atoms with Crippen LogP contribution in [0, 0.1) is 5.92 Å². The first-order valence-corrected chi connectivity index (χ1v) is 7.53. The van der Waals surface area contributed by atoms with Gasteiger partial charge in [-0.1, -0.05) is 57.2 Å². The molecule has 0 heterocycles. The predicted octanol–water partition coefficient (Wildman–Crippen LogP) is 3.89. The molecule has 2 rings (SSSR count). The summed E-state index contributed by atoms with van der Waals surface area (Å²) in [4.78, 5) is 11.9. The van der Waals surface area contributed by atoms with E-state index in [-0.39, 0.29) is 24.4 Å². The Hall–Kier alpha value is -2.13. The Morgan fingerprint density at radius 1 is 1.09 bits per heavy atom. The molecule has 0 spiro atoms. The highest BCUT2D eigenvalue weighted by Crippen LogP contribution is 2.33. The van der Waals surface area contributed by atoms with Crippen LogP contribution in [0.4, 0.5) is 0 Å². The fraction of sp³-hybridized carbons (Fsp3) is 0.316. The summed E-state index contributed by atoms with van der Waals surface area (Å²) in [5, 5.41) is 9.37. The van der Waals surface area contributed by atoms with Crippen molar-refractivity contribution in [3.05, 3.63) is 65.2 Å². The topological polar surface area (TPSA) is 46.5 Å². The Kier molecular flexibility index (Phi) is 5.34. The van der Waals surface area contributed by atoms with Gasteiger partial charge >= 0.3 is 5.97 Å². The van der Waals surface area contributed by atoms with Gasteiger partial charge in [0.15, 0.2) is 0 Å². The van der Waals surface area contributed by atoms with Crippen molar-refractivity contribution in [3.63, 3.8) is 0 Å². The number of rotatable bonds is 5. The zero-order valence-corrected chi connectivity index (χ0v) is 13.2. The molecule has 0 saturated heterocycles. The largest absolute Gasteiger partial charge is 0.426 e. The quantitative estimate of drug-likeness (QED) is 0.673. The molecule has 116 valence electrons. The van der Waals surface area contributed by atoms with Gasteiger partial charge in [-0.25, -0.2) is 0 Å². The van der Waals surface area contributed by atoms with E-state index in [0.717, 1.165) is 16.7 Å². The van der Waals surface area contributed by atoms with Crippen molar-refractivity contribution in [2.75, 3.05) is 0 Å². The number of carbonyl (C=O) groups excluding carboxylic acids is 1. The number of aliphatic hydroxyl groups is 1. The van der Waals surface area contributed by atoms with Gasteiger partial charge in [-0.3, -0.25) is 4.79 Å². The van der Waals surface area contributed by atoms with Crippen LogP contribution < -0.4 is 4.74 Å². The smallest absolute Gasteiger partial charge is 0.313 e. The molecule has 0 radical (unpaired) electrons. The van der Waals surface area contributed by atoms with Crippen LogP contribution in [0.25, 0.3) is 0 Å². The van der Waals surface area contributed by atoms with Crippen LogP contribution in [0.1, 0.15) is 43.4 Å². The molecule has 2 aromatic rings. The molecule has 0 aliphatic rings. The van der Waals surface area contributed by atoms with E-state index in [1.807, 2.05) is 50.2 Å². The molecule has 0 aliphatic carbocycles. The van der Waals surface area contributed by atoms with Gasteiger partial charge < -0.3 is 9.84 Å². The second kappa shape index (κ2) is 7.23. The number of hydrogen-bond donors (Lipinski definition) is 1. The van der Waals surface area contributed by atoms with E-state index in [1.54, 1.807) is 12.1 Å². The van der Waals surface area contributed by atoms with Crippen LogP contribution in [0.15, 0.2) is 48.5 Å². The maximum atomic E-state index is 11.9. The first kappa shape index (κ1) is 16.2. The second-order valence-corrected chi connectivity index (χ2v) is 5.74. The van der Waals surface area contributed by atoms with Gasteiger partial charge in [-0.15, -0.1) is 0 Å². The Balaban J connectivity index is 2.40. The number of carbonyl (C=O) groups is 1. The Morgan fingerprint density at radius 3 is 2.36 bits per heavy atom. The van der Waals surface area contributed by atoms with Crippen molar-refractivity contribution in [1.82, 2.24) is 0 Å². The third-order valence-electron chi connectivity index (χ3n) is 3.70. The molecular weight excluding hydrogens is 276 g/mol. The summed E-state index contributed by atoms with van der Waals surface area (Å²) < 4.78 is 5.53. The lowest BCUT2D eigenvalue weighted by atomic mass is 9.91. The third-order valence-corrected chi connectivity index (χ3v) is 3.70. The highest BCUT2D eigenvalue weighted by Gasteiger charge is 2.18. The van der Waals surface area contributed by atoms with Crippen molar-refractivity contribution >= 4 is 5.97 Å². The van der Waals surface area contributed by atoms with E-state index in [0.29, 0.717) is 5.75 Å². The molecule has 1 N–H and O–H groups in total. The maximum absolute atomic E-state index is 11.9. The van der Waals surface area contributed by atoms with Crippen LogP contribution >= 0.6 is 0 Å². The summed E-state index contributed by atoms with van der Waals surface area (Å²) >= 11 is 0. The summed E-state index contributed by atoms with van der Waals surface area (Å²) in [6.07, 6.45) is 0. The number of esters is 1. The minimum atomic E-state index is -0.252. The molecule has 0 fully saturated rings. The molecule has 2 aromatic carbocycles. The molecule has 0 bridgehead atoms. The van der Waals surface area contributed by atoms with E-state index >= 15 is 0 Å². The van der Waals surface area contributed by atoms with Crippen LogP contribution in [0.3, 0.4) is 0 Å². The van der Waals surface area contributed by atoms with Gasteiger partial charge in [0.2, 0.25) is 0 Å². The van der Waals surface area contributed by atoms with Crippen LogP contribution in [-0.2, 0) is 11.4 Å². The van der Waals surface area contributed by atoms with Gasteiger partial charge in [-0.2, -0.15) is 0 Å². The van der Waals surface area contributed by atoms with E-state index in [9.17, 15) is 9.90 Å². The second-order valence-electron chi connectivity index (χ2n) is 5.74. The molecule has 0 aliphatic heterocycles. The van der Waals surface area contributed by atoms with E-state index < -0.39 is 0 Å². The molecule has 3 heteroatoms. The molecule has 3 nitrogen and oxygen atoms in total. The van der Waals surface area contributed by atoms with Crippen LogP contribution in [0.5, 0.6) is 5.75 Å². The number of hydrogen-bond acceptors (Lipinski definition) is 3. The van der Waals surface area contributed by atoms with E-state index in [1.165, 1.54) is 0 Å². The summed E-state index contributed by atoms with van der Waals surface area (Å²) in [7, 11) is 0. The first-order chi connectivity index (χ1) is 10.5. The SMILES string of the molecule is CC(C)C(=O)Oc1ccc(CO)cc1[C@H](C)c1ccccc1. The molecule has 0 amide bonds. The van der Waals surface area contributed by atoms with Gasteiger partial charge in [-0.05, 0) is 23.3 Å². The Labute approximate surface area is 131 Å². The van der Waals surface area contributed by atoms with Crippen molar-refractivity contribution in [2.45, 2.75) is 33.3 Å². The zero-order chi connectivity index (χ0) is 16.1. The summed E-state index contributed by atoms with van der Waals surface area (Å²) in [5.74, 6) is 0.200. The Morgan fingerprint density at radius 2 is 1.77 bits per heavy atom. The lowest BCUT2D eigenvalue weighted by molar-refractivity contribution is -0.137. The average molecular weight is 298 g/mol. The minimum absolute atomic E-state index is 0.0348. The molecule has 1 atom stereocenters. The minimum Gasteiger partial charge on any atom is -0.426 e. The standard InChI is InChI=1S/C19H22O3/c1-13(2)19(21)22-18-10-9-15(12-20)11-17(18)14(3)16-7-5-4-6-8-16/h4-11,13-14,20H,12H2,1-3H3/t14-/m1/s1. The molecular formula is C19H22O3. The first-order valence-electron chi connectivity index (χ1n) is 7.53. The van der Waals surface area contributed by atoms with Gasteiger partial charge in [0, 0.05) is 11.5 Å². The third kappa shape index (κ3) is 3.74. The monoisotopic (exact) mass is 298 g/mol. The van der Waals surface area contributed by atoms with Crippen molar-refractivity contribution in [2.24, 2.45) is 5.92 Å². The molecule has 22 heavy (non-hydrogen) atoms. The lowest BCUT2D eigenvalue weighted by Gasteiger charge is -2.18. The lowest BCUT2D eigenvalue weighted by Crippen LogP contribution is -2.16. The van der Waals surface area contributed by atoms with Crippen molar-refractivity contribution in [3.8, 4) is 5.75 Å². The number of ether oxygens (including phenoxy) is 1. The Bertz CT molecular complexity index is 632. The van der Waals surface area contributed by atoms with E-state index in [4.69, 9.17) is 4.74 Å². The van der Waals surface area contributed by atoms with Crippen molar-refractivity contribution in [1.29, 1.82) is 0 Å².